The van der Waals surface area contributed by atoms with Gasteiger partial charge in [0.1, 0.15) is 5.69 Å². The molecule has 1 heterocycles. The molecule has 0 N–H and O–H groups in total. The maximum Gasteiger partial charge on any atom is 0.354 e. The molecule has 0 saturated carbocycles. The van der Waals surface area contributed by atoms with Gasteiger partial charge in [-0.25, -0.2) is 4.79 Å². The Labute approximate surface area is 179 Å². The van der Waals surface area contributed by atoms with Gasteiger partial charge in [-0.3, -0.25) is 4.79 Å². The predicted molar refractivity (Wildman–Crippen MR) is 117 cm³/mol. The smallest absolute Gasteiger partial charge is 0.354 e. The summed E-state index contributed by atoms with van der Waals surface area (Å²) in [7, 11) is 4.83. The van der Waals surface area contributed by atoms with Gasteiger partial charge in [0.2, 0.25) is 0 Å². The van der Waals surface area contributed by atoms with E-state index in [0.717, 1.165) is 24.5 Å². The van der Waals surface area contributed by atoms with E-state index >= 15 is 0 Å². The van der Waals surface area contributed by atoms with E-state index in [2.05, 4.69) is 38.5 Å². The minimum absolute atomic E-state index is 0.0401. The van der Waals surface area contributed by atoms with Crippen molar-refractivity contribution in [3.05, 3.63) is 67.3 Å². The van der Waals surface area contributed by atoms with Crippen LogP contribution in [0.25, 0.3) is 10.9 Å². The Kier molecular flexibility index (Phi) is 5.90. The van der Waals surface area contributed by atoms with Gasteiger partial charge in [-0.2, -0.15) is 0 Å². The predicted octanol–water partition coefficient (Wildman–Crippen LogP) is 4.55. The number of ether oxygens (including phenoxy) is 1. The van der Waals surface area contributed by atoms with E-state index in [1.54, 1.807) is 31.1 Å². The van der Waals surface area contributed by atoms with Crippen LogP contribution in [0, 0.1) is 3.57 Å². The van der Waals surface area contributed by atoms with Crippen molar-refractivity contribution in [1.82, 2.24) is 9.47 Å². The first kappa shape index (κ1) is 19.9. The number of hydrogen-bond donors (Lipinski definition) is 0. The Morgan fingerprint density at radius 2 is 1.81 bits per heavy atom. The summed E-state index contributed by atoms with van der Waals surface area (Å²) in [6.07, 6.45) is 0. The fourth-order valence-electron chi connectivity index (χ4n) is 2.92. The van der Waals surface area contributed by atoms with Crippen molar-refractivity contribution < 1.29 is 14.3 Å². The van der Waals surface area contributed by atoms with Gasteiger partial charge in [0.25, 0.3) is 5.91 Å². The van der Waals surface area contributed by atoms with E-state index < -0.39 is 0 Å². The van der Waals surface area contributed by atoms with Crippen LogP contribution in [0.2, 0.25) is 0 Å². The zero-order chi connectivity index (χ0) is 19.7. The van der Waals surface area contributed by atoms with Crippen LogP contribution in [-0.2, 0) is 11.3 Å². The van der Waals surface area contributed by atoms with E-state index in [0.29, 0.717) is 17.8 Å². The molecule has 0 unspecified atom stereocenters. The van der Waals surface area contributed by atoms with Gasteiger partial charge in [-0.15, -0.1) is 0 Å². The second-order valence-electron chi connectivity index (χ2n) is 6.32. The third-order valence-corrected chi connectivity index (χ3v) is 5.56. The summed E-state index contributed by atoms with van der Waals surface area (Å²) in [5, 5.41) is 0.954. The van der Waals surface area contributed by atoms with Crippen LogP contribution in [0.15, 0.2) is 46.9 Å². The number of hydrogen-bond acceptors (Lipinski definition) is 3. The Bertz CT molecular complexity index is 1030. The number of benzene rings is 2. The molecule has 27 heavy (non-hydrogen) atoms. The highest BCUT2D eigenvalue weighted by Crippen LogP contribution is 2.31. The van der Waals surface area contributed by atoms with Crippen molar-refractivity contribution in [1.29, 1.82) is 0 Å². The summed E-state index contributed by atoms with van der Waals surface area (Å²) in [6.45, 7) is 0.497. The highest BCUT2D eigenvalue weighted by Gasteiger charge is 2.18. The number of fused-ring (bicyclic) bond motifs is 1. The second-order valence-corrected chi connectivity index (χ2v) is 8.42. The molecule has 2 aromatic carbocycles. The van der Waals surface area contributed by atoms with Crippen LogP contribution in [0.5, 0.6) is 0 Å². The lowest BCUT2D eigenvalue weighted by Crippen LogP contribution is -2.21. The normalized spacial score (nSPS) is 10.9. The number of esters is 1. The Balaban J connectivity index is 2.05. The quantitative estimate of drug-likeness (QED) is 0.360. The van der Waals surface area contributed by atoms with Crippen molar-refractivity contribution >= 4 is 61.3 Å². The number of carbonyl (C=O) groups excluding carboxylic acids is 2. The van der Waals surface area contributed by atoms with E-state index in [1.807, 2.05) is 34.9 Å². The standard InChI is InChI=1S/C20H18BrIN2O3/c1-23(2)19(25)13-6-4-12(5-7-13)11-24-17-9-14(22)8-16(21)15(17)10-18(24)20(26)27-3/h4-10H,11H2,1-3H3. The molecule has 0 bridgehead atoms. The number of carbonyl (C=O) groups is 2. The molecule has 0 fully saturated rings. The summed E-state index contributed by atoms with van der Waals surface area (Å²) in [4.78, 5) is 25.9. The van der Waals surface area contributed by atoms with Crippen LogP contribution in [0.1, 0.15) is 26.4 Å². The van der Waals surface area contributed by atoms with Gasteiger partial charge in [0, 0.05) is 39.6 Å². The zero-order valence-corrected chi connectivity index (χ0v) is 18.9. The maximum atomic E-state index is 12.3. The van der Waals surface area contributed by atoms with Gasteiger partial charge in [0.15, 0.2) is 0 Å². The topological polar surface area (TPSA) is 51.5 Å². The summed E-state index contributed by atoms with van der Waals surface area (Å²) in [5.74, 6) is -0.422. The number of rotatable bonds is 4. The number of nitrogens with zero attached hydrogens (tertiary/aromatic N) is 2. The fraction of sp³-hybridized carbons (Fsp3) is 0.200. The first-order valence-corrected chi connectivity index (χ1v) is 10.1. The summed E-state index contributed by atoms with van der Waals surface area (Å²) >= 11 is 5.83. The van der Waals surface area contributed by atoms with Crippen molar-refractivity contribution in [2.24, 2.45) is 0 Å². The molecule has 1 amide bonds. The third kappa shape index (κ3) is 4.03. The highest BCUT2D eigenvalue weighted by atomic mass is 127. The van der Waals surface area contributed by atoms with E-state index in [1.165, 1.54) is 7.11 Å². The molecule has 1 aromatic heterocycles. The molecule has 0 saturated heterocycles. The van der Waals surface area contributed by atoms with Gasteiger partial charge >= 0.3 is 5.97 Å². The minimum atomic E-state index is -0.382. The molecule has 0 radical (unpaired) electrons. The monoisotopic (exact) mass is 540 g/mol. The summed E-state index contributed by atoms with van der Waals surface area (Å²) < 4.78 is 8.90. The largest absolute Gasteiger partial charge is 0.464 e. The molecule has 3 aromatic rings. The second kappa shape index (κ2) is 8.02. The summed E-state index contributed by atoms with van der Waals surface area (Å²) in [6, 6.07) is 13.3. The highest BCUT2D eigenvalue weighted by molar-refractivity contribution is 14.1. The van der Waals surface area contributed by atoms with Gasteiger partial charge in [-0.1, -0.05) is 28.1 Å². The molecule has 7 heteroatoms. The molecular formula is C20H18BrIN2O3. The molecule has 0 aliphatic carbocycles. The average molecular weight is 541 g/mol. The first-order chi connectivity index (χ1) is 12.8. The van der Waals surface area contributed by atoms with Crippen molar-refractivity contribution in [3.63, 3.8) is 0 Å². The van der Waals surface area contributed by atoms with Crippen LogP contribution in [0.3, 0.4) is 0 Å². The van der Waals surface area contributed by atoms with Crippen LogP contribution >= 0.6 is 38.5 Å². The Hall–Kier alpha value is -1.87. The van der Waals surface area contributed by atoms with Crippen molar-refractivity contribution in [2.75, 3.05) is 21.2 Å². The SMILES string of the molecule is COC(=O)c1cc2c(Br)cc(I)cc2n1Cc1ccc(C(=O)N(C)C)cc1. The average Bonchev–Trinajstić information content (AvgIpc) is 2.99. The molecule has 0 aliphatic heterocycles. The maximum absolute atomic E-state index is 12.3. The number of aromatic nitrogens is 1. The lowest BCUT2D eigenvalue weighted by molar-refractivity contribution is 0.0589. The van der Waals surface area contributed by atoms with Gasteiger partial charge in [0.05, 0.1) is 12.6 Å². The zero-order valence-electron chi connectivity index (χ0n) is 15.1. The molecule has 0 atom stereocenters. The van der Waals surface area contributed by atoms with Crippen LogP contribution in [0.4, 0.5) is 0 Å². The molecule has 3 rings (SSSR count). The minimum Gasteiger partial charge on any atom is -0.464 e. The first-order valence-electron chi connectivity index (χ1n) is 8.19. The summed E-state index contributed by atoms with van der Waals surface area (Å²) in [5.41, 5.74) is 3.06. The Morgan fingerprint density at radius 1 is 1.15 bits per heavy atom. The van der Waals surface area contributed by atoms with E-state index in [9.17, 15) is 9.59 Å². The number of amides is 1. The molecular weight excluding hydrogens is 523 g/mol. The van der Waals surface area contributed by atoms with E-state index in [-0.39, 0.29) is 11.9 Å². The molecule has 5 nitrogen and oxygen atoms in total. The van der Waals surface area contributed by atoms with Crippen molar-refractivity contribution in [3.8, 4) is 0 Å². The van der Waals surface area contributed by atoms with Gasteiger partial charge < -0.3 is 14.2 Å². The third-order valence-electron chi connectivity index (χ3n) is 4.28. The van der Waals surface area contributed by atoms with Crippen LogP contribution < -0.4 is 0 Å². The number of halogens is 2. The van der Waals surface area contributed by atoms with Crippen molar-refractivity contribution in [2.45, 2.75) is 6.54 Å². The lowest BCUT2D eigenvalue weighted by atomic mass is 10.1. The van der Waals surface area contributed by atoms with Gasteiger partial charge in [-0.05, 0) is 58.5 Å². The lowest BCUT2D eigenvalue weighted by Gasteiger charge is -2.12. The molecule has 140 valence electrons. The molecule has 0 aliphatic rings. The molecule has 0 spiro atoms. The Morgan fingerprint density at radius 3 is 2.41 bits per heavy atom. The fourth-order valence-corrected chi connectivity index (χ4v) is 4.52. The van der Waals surface area contributed by atoms with Crippen LogP contribution in [-0.4, -0.2) is 42.5 Å². The number of methoxy groups -OCH3 is 1. The van der Waals surface area contributed by atoms with E-state index in [4.69, 9.17) is 4.74 Å².